The van der Waals surface area contributed by atoms with Crippen LogP contribution in [0.1, 0.15) is 49.2 Å². The number of carbonyl (C=O) groups is 1. The number of anilines is 1. The first-order chi connectivity index (χ1) is 14.8. The van der Waals surface area contributed by atoms with Crippen LogP contribution in [0.15, 0.2) is 53.8 Å². The fraction of sp³-hybridized carbons (Fsp3) is 0.304. The Morgan fingerprint density at radius 3 is 2.52 bits per heavy atom. The molecular weight excluding hydrogens is 392 g/mol. The van der Waals surface area contributed by atoms with Crippen LogP contribution >= 0.6 is 0 Å². The Hall–Kier alpha value is -3.68. The zero-order valence-corrected chi connectivity index (χ0v) is 18.5. The van der Waals surface area contributed by atoms with Gasteiger partial charge in [0.1, 0.15) is 0 Å². The van der Waals surface area contributed by atoms with Gasteiger partial charge in [0.05, 0.1) is 5.69 Å². The number of oxime groups is 1. The van der Waals surface area contributed by atoms with Crippen LogP contribution in [0.2, 0.25) is 0 Å². The Morgan fingerprint density at radius 2 is 1.90 bits per heavy atom. The molecule has 0 bridgehead atoms. The van der Waals surface area contributed by atoms with Crippen molar-refractivity contribution in [3.63, 3.8) is 0 Å². The second-order valence-electron chi connectivity index (χ2n) is 7.70. The van der Waals surface area contributed by atoms with Crippen molar-refractivity contribution in [2.75, 3.05) is 5.32 Å². The largest absolute Gasteiger partial charge is 0.381 e. The number of para-hydroxylation sites is 1. The second kappa shape index (κ2) is 9.42. The lowest BCUT2D eigenvalue weighted by Crippen LogP contribution is -2.28. The lowest BCUT2D eigenvalue weighted by molar-refractivity contribution is -0.126. The van der Waals surface area contributed by atoms with Gasteiger partial charge in [0.15, 0.2) is 11.7 Å². The monoisotopic (exact) mass is 420 g/mol. The summed E-state index contributed by atoms with van der Waals surface area (Å²) in [6.45, 7) is 9.66. The van der Waals surface area contributed by atoms with E-state index in [4.69, 9.17) is 10.6 Å². The molecule has 1 amide bonds. The van der Waals surface area contributed by atoms with Crippen LogP contribution in [0.3, 0.4) is 0 Å². The average Bonchev–Trinajstić information content (AvgIpc) is 3.09. The van der Waals surface area contributed by atoms with E-state index in [1.807, 2.05) is 44.2 Å². The first kappa shape index (κ1) is 22.0. The van der Waals surface area contributed by atoms with Crippen molar-refractivity contribution in [1.29, 1.82) is 0 Å². The Morgan fingerprint density at radius 1 is 1.16 bits per heavy atom. The molecule has 31 heavy (non-hydrogen) atoms. The molecule has 0 saturated heterocycles. The minimum Gasteiger partial charge on any atom is -0.381 e. The lowest BCUT2D eigenvalue weighted by Gasteiger charge is -2.16. The highest BCUT2D eigenvalue weighted by molar-refractivity contribution is 5.97. The molecule has 2 heterocycles. The second-order valence-corrected chi connectivity index (χ2v) is 7.70. The minimum absolute atomic E-state index is 0.134. The summed E-state index contributed by atoms with van der Waals surface area (Å²) in [6, 6.07) is 13.3. The number of benzene rings is 1. The maximum absolute atomic E-state index is 12.5. The molecule has 0 aliphatic rings. The number of nitrogens with zero attached hydrogens (tertiary/aromatic N) is 4. The molecule has 8 heteroatoms. The molecule has 0 aliphatic heterocycles. The van der Waals surface area contributed by atoms with Crippen LogP contribution in [0.4, 0.5) is 5.69 Å². The van der Waals surface area contributed by atoms with Crippen molar-refractivity contribution in [3.05, 3.63) is 71.2 Å². The third kappa shape index (κ3) is 5.28. The van der Waals surface area contributed by atoms with Gasteiger partial charge in [-0.3, -0.25) is 4.79 Å². The van der Waals surface area contributed by atoms with Gasteiger partial charge in [-0.05, 0) is 56.5 Å². The number of pyridine rings is 1. The number of nitrogens with one attached hydrogen (secondary N) is 1. The molecule has 1 aromatic carbocycles. The molecule has 8 nitrogen and oxygen atoms in total. The zero-order valence-electron chi connectivity index (χ0n) is 18.5. The van der Waals surface area contributed by atoms with Gasteiger partial charge in [-0.1, -0.05) is 37.2 Å². The van der Waals surface area contributed by atoms with Crippen LogP contribution in [0, 0.1) is 13.8 Å². The van der Waals surface area contributed by atoms with Gasteiger partial charge in [-0.25, -0.2) is 9.67 Å². The summed E-state index contributed by atoms with van der Waals surface area (Å²) in [5.74, 6) is 0.795. The molecule has 1 unspecified atom stereocenters. The van der Waals surface area contributed by atoms with Crippen LogP contribution < -0.4 is 11.1 Å². The molecule has 3 N–H and O–H groups in total. The van der Waals surface area contributed by atoms with Gasteiger partial charge in [0.2, 0.25) is 6.10 Å². The number of amides is 1. The molecular formula is C23H28N6O2. The van der Waals surface area contributed by atoms with E-state index in [2.05, 4.69) is 34.4 Å². The number of hydrogen-bond acceptors (Lipinski definition) is 5. The van der Waals surface area contributed by atoms with Crippen molar-refractivity contribution < 1.29 is 9.63 Å². The summed E-state index contributed by atoms with van der Waals surface area (Å²) in [6.07, 6.45) is 0.776. The van der Waals surface area contributed by atoms with Gasteiger partial charge >= 0.3 is 0 Å². The van der Waals surface area contributed by atoms with Crippen molar-refractivity contribution in [1.82, 2.24) is 14.8 Å². The molecule has 0 spiro atoms. The van der Waals surface area contributed by atoms with Gasteiger partial charge in [-0.15, -0.1) is 0 Å². The minimum atomic E-state index is -0.819. The number of hydrogen-bond donors (Lipinski definition) is 2. The molecule has 3 rings (SSSR count). The maximum atomic E-state index is 12.5. The average molecular weight is 421 g/mol. The zero-order chi connectivity index (χ0) is 22.5. The Labute approximate surface area is 182 Å². The summed E-state index contributed by atoms with van der Waals surface area (Å²) in [4.78, 5) is 22.2. The third-order valence-corrected chi connectivity index (χ3v) is 4.79. The Kier molecular flexibility index (Phi) is 6.69. The molecule has 3 aromatic rings. The fourth-order valence-electron chi connectivity index (χ4n) is 3.11. The quantitative estimate of drug-likeness (QED) is 0.344. The molecule has 0 radical (unpaired) electrons. The third-order valence-electron chi connectivity index (χ3n) is 4.79. The lowest BCUT2D eigenvalue weighted by atomic mass is 10.0. The topological polar surface area (TPSA) is 107 Å². The first-order valence-electron chi connectivity index (χ1n) is 10.2. The van der Waals surface area contributed by atoms with Gasteiger partial charge in [0.25, 0.3) is 5.91 Å². The molecule has 1 atom stereocenters. The summed E-state index contributed by atoms with van der Waals surface area (Å²) in [5, 5.41) is 11.2. The van der Waals surface area contributed by atoms with E-state index < -0.39 is 6.10 Å². The van der Waals surface area contributed by atoms with Gasteiger partial charge < -0.3 is 15.9 Å². The van der Waals surface area contributed by atoms with Gasteiger partial charge in [0, 0.05) is 23.1 Å². The standard InChI is InChI=1S/C23H28N6O2/c1-14(2)19-8-6-7-9-20(19)26-23(30)17(5)31-28-22(24)18-10-11-21(25-13-18)29-16(4)12-15(3)27-29/h6-14,17H,1-5H3,(H2,24,28)(H,26,30). The number of aryl methyl sites for hydroxylation is 2. The number of amidine groups is 1. The fourth-order valence-corrected chi connectivity index (χ4v) is 3.11. The maximum Gasteiger partial charge on any atom is 0.267 e. The van der Waals surface area contributed by atoms with Crippen LogP contribution in [0.5, 0.6) is 0 Å². The van der Waals surface area contributed by atoms with Crippen molar-refractivity contribution >= 4 is 17.4 Å². The Bertz CT molecular complexity index is 1090. The Balaban J connectivity index is 1.64. The highest BCUT2D eigenvalue weighted by atomic mass is 16.6. The normalized spacial score (nSPS) is 12.6. The van der Waals surface area contributed by atoms with Crippen molar-refractivity contribution in [3.8, 4) is 5.82 Å². The number of rotatable bonds is 7. The number of nitrogens with two attached hydrogens (primary N) is 1. The van der Waals surface area contributed by atoms with E-state index >= 15 is 0 Å². The van der Waals surface area contributed by atoms with Gasteiger partial charge in [-0.2, -0.15) is 5.10 Å². The van der Waals surface area contributed by atoms with Crippen LogP contribution in [-0.4, -0.2) is 32.6 Å². The number of carbonyl (C=O) groups excluding carboxylic acids is 1. The van der Waals surface area contributed by atoms with E-state index in [1.54, 1.807) is 29.9 Å². The first-order valence-corrected chi connectivity index (χ1v) is 10.2. The van der Waals surface area contributed by atoms with E-state index in [0.29, 0.717) is 11.4 Å². The van der Waals surface area contributed by atoms with E-state index in [0.717, 1.165) is 22.6 Å². The highest BCUT2D eigenvalue weighted by Gasteiger charge is 2.17. The highest BCUT2D eigenvalue weighted by Crippen LogP contribution is 2.23. The van der Waals surface area contributed by atoms with E-state index in [9.17, 15) is 4.79 Å². The van der Waals surface area contributed by atoms with E-state index in [-0.39, 0.29) is 17.7 Å². The summed E-state index contributed by atoms with van der Waals surface area (Å²) in [5.41, 5.74) is 10.3. The SMILES string of the molecule is Cc1cc(C)n(-c2ccc(/C(N)=N\OC(C)C(=O)Nc3ccccc3C(C)C)cn2)n1. The predicted octanol–water partition coefficient (Wildman–Crippen LogP) is 3.67. The summed E-state index contributed by atoms with van der Waals surface area (Å²) < 4.78 is 1.75. The molecule has 0 fully saturated rings. The predicted molar refractivity (Wildman–Crippen MR) is 121 cm³/mol. The van der Waals surface area contributed by atoms with E-state index in [1.165, 1.54) is 0 Å². The molecule has 0 aliphatic carbocycles. The molecule has 162 valence electrons. The molecule has 2 aromatic heterocycles. The van der Waals surface area contributed by atoms with Crippen molar-refractivity contribution in [2.45, 2.75) is 46.6 Å². The summed E-state index contributed by atoms with van der Waals surface area (Å²) >= 11 is 0. The summed E-state index contributed by atoms with van der Waals surface area (Å²) in [7, 11) is 0. The smallest absolute Gasteiger partial charge is 0.267 e. The van der Waals surface area contributed by atoms with Crippen molar-refractivity contribution in [2.24, 2.45) is 10.9 Å². The molecule has 0 saturated carbocycles. The van der Waals surface area contributed by atoms with Crippen LogP contribution in [0.25, 0.3) is 5.82 Å². The number of aromatic nitrogens is 3. The van der Waals surface area contributed by atoms with Crippen LogP contribution in [-0.2, 0) is 9.63 Å².